The number of halogens is 1. The average molecular weight is 296 g/mol. The molecule has 106 valence electrons. The van der Waals surface area contributed by atoms with E-state index in [9.17, 15) is 9.59 Å². The molecule has 0 aromatic carbocycles. The first-order valence-electron chi connectivity index (χ1n) is 6.43. The van der Waals surface area contributed by atoms with E-state index in [2.05, 4.69) is 10.3 Å². The lowest BCUT2D eigenvalue weighted by molar-refractivity contribution is -0.134. The zero-order chi connectivity index (χ0) is 14.2. The van der Waals surface area contributed by atoms with Gasteiger partial charge in [-0.05, 0) is 12.1 Å². The van der Waals surface area contributed by atoms with E-state index in [0.29, 0.717) is 36.8 Å². The average Bonchev–Trinajstić information content (AvgIpc) is 2.64. The van der Waals surface area contributed by atoms with E-state index in [-0.39, 0.29) is 18.5 Å². The second kappa shape index (κ2) is 5.03. The molecule has 2 aliphatic heterocycles. The van der Waals surface area contributed by atoms with E-state index in [1.54, 1.807) is 18.3 Å². The molecule has 1 aromatic rings. The van der Waals surface area contributed by atoms with Crippen molar-refractivity contribution in [2.45, 2.75) is 24.9 Å². The van der Waals surface area contributed by atoms with Crippen LogP contribution in [-0.2, 0) is 16.1 Å². The summed E-state index contributed by atoms with van der Waals surface area (Å²) >= 11 is 5.88. The number of imide groups is 1. The Balaban J connectivity index is 1.80. The quantitative estimate of drug-likeness (QED) is 0.836. The molecule has 2 saturated heterocycles. The molecule has 0 bridgehead atoms. The maximum atomic E-state index is 12.5. The zero-order valence-electron chi connectivity index (χ0n) is 10.8. The fourth-order valence-electron chi connectivity index (χ4n) is 2.58. The van der Waals surface area contributed by atoms with Crippen LogP contribution in [0, 0.1) is 0 Å². The van der Waals surface area contributed by atoms with Crippen molar-refractivity contribution < 1.29 is 14.3 Å². The van der Waals surface area contributed by atoms with Crippen LogP contribution in [0.3, 0.4) is 0 Å². The Hall–Kier alpha value is -1.66. The molecule has 3 heterocycles. The summed E-state index contributed by atoms with van der Waals surface area (Å²) in [5, 5.41) is 3.33. The first-order chi connectivity index (χ1) is 9.61. The van der Waals surface area contributed by atoms with Gasteiger partial charge in [-0.15, -0.1) is 0 Å². The number of carbonyl (C=O) groups is 2. The molecule has 1 aromatic heterocycles. The fraction of sp³-hybridized carbons (Fsp3) is 0.462. The van der Waals surface area contributed by atoms with Crippen molar-refractivity contribution in [3.63, 3.8) is 0 Å². The summed E-state index contributed by atoms with van der Waals surface area (Å²) in [7, 11) is 0. The number of nitrogens with one attached hydrogen (secondary N) is 1. The van der Waals surface area contributed by atoms with E-state index >= 15 is 0 Å². The number of ether oxygens (including phenoxy) is 1. The molecule has 3 rings (SSSR count). The van der Waals surface area contributed by atoms with Gasteiger partial charge in [-0.2, -0.15) is 0 Å². The van der Waals surface area contributed by atoms with E-state index < -0.39 is 5.54 Å². The molecule has 0 unspecified atom stereocenters. The van der Waals surface area contributed by atoms with Gasteiger partial charge in [0.15, 0.2) is 0 Å². The molecule has 0 saturated carbocycles. The third-order valence-corrected chi connectivity index (χ3v) is 3.93. The monoisotopic (exact) mass is 295 g/mol. The molecule has 2 fully saturated rings. The lowest BCUT2D eigenvalue weighted by Crippen LogP contribution is -2.51. The maximum Gasteiger partial charge on any atom is 0.325 e. The molecule has 1 N–H and O–H groups in total. The van der Waals surface area contributed by atoms with Crippen LogP contribution in [-0.4, -0.2) is 40.6 Å². The van der Waals surface area contributed by atoms with Crippen molar-refractivity contribution in [2.24, 2.45) is 0 Å². The summed E-state index contributed by atoms with van der Waals surface area (Å²) in [5.41, 5.74) is -0.210. The van der Waals surface area contributed by atoms with Crippen LogP contribution in [0.1, 0.15) is 18.5 Å². The molecular formula is C13H14ClN3O3. The Labute approximate surface area is 121 Å². The molecule has 6 nitrogen and oxygen atoms in total. The Morgan fingerprint density at radius 2 is 2.15 bits per heavy atom. The van der Waals surface area contributed by atoms with Crippen LogP contribution in [0.25, 0.3) is 0 Å². The van der Waals surface area contributed by atoms with Gasteiger partial charge in [0.1, 0.15) is 5.54 Å². The number of pyridine rings is 1. The van der Waals surface area contributed by atoms with Gasteiger partial charge in [0.2, 0.25) is 0 Å². The fourth-order valence-corrected chi connectivity index (χ4v) is 2.76. The Morgan fingerprint density at radius 1 is 1.40 bits per heavy atom. The Bertz CT molecular complexity index is 558. The van der Waals surface area contributed by atoms with Crippen molar-refractivity contribution in [2.75, 3.05) is 13.2 Å². The summed E-state index contributed by atoms with van der Waals surface area (Å²) in [6, 6.07) is 2.92. The molecule has 2 aliphatic rings. The van der Waals surface area contributed by atoms with E-state index in [0.717, 1.165) is 0 Å². The molecule has 20 heavy (non-hydrogen) atoms. The Morgan fingerprint density at radius 3 is 2.85 bits per heavy atom. The summed E-state index contributed by atoms with van der Waals surface area (Å²) in [6.07, 6.45) is 2.58. The minimum atomic E-state index is -0.798. The third-order valence-electron chi connectivity index (χ3n) is 3.69. The van der Waals surface area contributed by atoms with Gasteiger partial charge in [-0.3, -0.25) is 14.7 Å². The molecule has 1 spiro atoms. The lowest BCUT2D eigenvalue weighted by Gasteiger charge is -2.30. The third kappa shape index (κ3) is 2.25. The highest BCUT2D eigenvalue weighted by Gasteiger charge is 2.51. The van der Waals surface area contributed by atoms with Crippen molar-refractivity contribution in [1.82, 2.24) is 15.2 Å². The number of urea groups is 1. The zero-order valence-corrected chi connectivity index (χ0v) is 11.5. The predicted molar refractivity (Wildman–Crippen MR) is 71.1 cm³/mol. The molecule has 0 atom stereocenters. The van der Waals surface area contributed by atoms with E-state index in [1.807, 2.05) is 0 Å². The van der Waals surface area contributed by atoms with Crippen LogP contribution < -0.4 is 5.32 Å². The molecule has 0 radical (unpaired) electrons. The number of hydrogen-bond acceptors (Lipinski definition) is 4. The van der Waals surface area contributed by atoms with Crippen LogP contribution in [0.4, 0.5) is 4.79 Å². The second-order valence-electron chi connectivity index (χ2n) is 4.98. The largest absolute Gasteiger partial charge is 0.381 e. The maximum absolute atomic E-state index is 12.5. The van der Waals surface area contributed by atoms with Crippen molar-refractivity contribution >= 4 is 23.5 Å². The number of nitrogens with zero attached hydrogens (tertiary/aromatic N) is 2. The van der Waals surface area contributed by atoms with Crippen molar-refractivity contribution in [3.8, 4) is 0 Å². The van der Waals surface area contributed by atoms with Gasteiger partial charge < -0.3 is 10.1 Å². The van der Waals surface area contributed by atoms with Crippen molar-refractivity contribution in [1.29, 1.82) is 0 Å². The van der Waals surface area contributed by atoms with Crippen LogP contribution in [0.2, 0.25) is 5.02 Å². The first kappa shape index (κ1) is 13.3. The highest BCUT2D eigenvalue weighted by Crippen LogP contribution is 2.29. The highest BCUT2D eigenvalue weighted by atomic mass is 35.5. The van der Waals surface area contributed by atoms with E-state index in [4.69, 9.17) is 16.3 Å². The van der Waals surface area contributed by atoms with Gasteiger partial charge >= 0.3 is 6.03 Å². The molecule has 0 aliphatic carbocycles. The normalized spacial score (nSPS) is 21.4. The van der Waals surface area contributed by atoms with Gasteiger partial charge in [0, 0.05) is 37.3 Å². The van der Waals surface area contributed by atoms with Crippen molar-refractivity contribution in [3.05, 3.63) is 29.0 Å². The lowest BCUT2D eigenvalue weighted by atomic mass is 9.90. The standard InChI is InChI=1S/C13H14ClN3O3/c14-9-1-4-15-10(7-9)8-17-11(18)13(16-12(17)19)2-5-20-6-3-13/h1,4,7H,2-3,5-6,8H2,(H,16,19). The Kier molecular flexibility index (Phi) is 3.35. The predicted octanol–water partition coefficient (Wildman–Crippen LogP) is 1.34. The van der Waals surface area contributed by atoms with Crippen LogP contribution in [0.5, 0.6) is 0 Å². The number of rotatable bonds is 2. The summed E-state index contributed by atoms with van der Waals surface area (Å²) in [5.74, 6) is -0.201. The number of carbonyl (C=O) groups excluding carboxylic acids is 2. The van der Waals surface area contributed by atoms with Gasteiger partial charge in [0.05, 0.1) is 12.2 Å². The second-order valence-corrected chi connectivity index (χ2v) is 5.42. The number of hydrogen-bond donors (Lipinski definition) is 1. The molecule has 7 heteroatoms. The van der Waals surface area contributed by atoms with Crippen LogP contribution >= 0.6 is 11.6 Å². The summed E-state index contributed by atoms with van der Waals surface area (Å²) in [4.78, 5) is 29.9. The van der Waals surface area contributed by atoms with Crippen LogP contribution in [0.15, 0.2) is 18.3 Å². The first-order valence-corrected chi connectivity index (χ1v) is 6.81. The van der Waals surface area contributed by atoms with E-state index in [1.165, 1.54) is 4.90 Å². The van der Waals surface area contributed by atoms with Gasteiger partial charge in [0.25, 0.3) is 5.91 Å². The number of aromatic nitrogens is 1. The van der Waals surface area contributed by atoms with Gasteiger partial charge in [-0.25, -0.2) is 4.79 Å². The number of amides is 3. The smallest absolute Gasteiger partial charge is 0.325 e. The minimum Gasteiger partial charge on any atom is -0.381 e. The highest BCUT2D eigenvalue weighted by molar-refractivity contribution is 6.30. The summed E-state index contributed by atoms with van der Waals surface area (Å²) in [6.45, 7) is 1.10. The SMILES string of the molecule is O=C1NC2(CCOCC2)C(=O)N1Cc1cc(Cl)ccn1. The molecular weight excluding hydrogens is 282 g/mol. The molecule has 3 amide bonds. The minimum absolute atomic E-state index is 0.133. The van der Waals surface area contributed by atoms with Gasteiger partial charge in [-0.1, -0.05) is 11.6 Å². The topological polar surface area (TPSA) is 71.5 Å². The summed E-state index contributed by atoms with van der Waals surface area (Å²) < 4.78 is 5.26.